The van der Waals surface area contributed by atoms with E-state index in [9.17, 15) is 0 Å². The Balaban J connectivity index is 2.14. The highest BCUT2D eigenvalue weighted by atomic mass is 35.5. The van der Waals surface area contributed by atoms with Crippen LogP contribution in [0.2, 0.25) is 5.02 Å². The highest BCUT2D eigenvalue weighted by Gasteiger charge is 2.37. The van der Waals surface area contributed by atoms with Crippen molar-refractivity contribution < 1.29 is 4.74 Å². The lowest BCUT2D eigenvalue weighted by atomic mass is 9.86. The van der Waals surface area contributed by atoms with Crippen molar-refractivity contribution in [2.45, 2.75) is 31.4 Å². The summed E-state index contributed by atoms with van der Waals surface area (Å²) in [6.45, 7) is 2.80. The number of halogens is 1. The molecule has 0 amide bonds. The second kappa shape index (κ2) is 4.12. The maximum atomic E-state index is 6.32. The van der Waals surface area contributed by atoms with Crippen molar-refractivity contribution >= 4 is 11.6 Å². The van der Waals surface area contributed by atoms with Gasteiger partial charge in [-0.15, -0.1) is 0 Å². The van der Waals surface area contributed by atoms with E-state index in [1.54, 1.807) is 0 Å². The van der Waals surface area contributed by atoms with E-state index in [1.165, 1.54) is 5.56 Å². The quantitative estimate of drug-likeness (QED) is 0.839. The van der Waals surface area contributed by atoms with Gasteiger partial charge in [0.15, 0.2) is 0 Å². The number of nitrogens with two attached hydrogens (primary N) is 1. The molecule has 0 bridgehead atoms. The predicted molar refractivity (Wildman–Crippen MR) is 62.1 cm³/mol. The Morgan fingerprint density at radius 2 is 2.40 bits per heavy atom. The summed E-state index contributed by atoms with van der Waals surface area (Å²) in [7, 11) is 0. The first-order valence-electron chi connectivity index (χ1n) is 5.25. The van der Waals surface area contributed by atoms with Crippen LogP contribution in [0.4, 0.5) is 0 Å². The average molecular weight is 226 g/mol. The predicted octanol–water partition coefficient (Wildman–Crippen LogP) is 2.39. The van der Waals surface area contributed by atoms with Crippen molar-refractivity contribution in [3.63, 3.8) is 0 Å². The van der Waals surface area contributed by atoms with Gasteiger partial charge in [0.25, 0.3) is 0 Å². The van der Waals surface area contributed by atoms with Crippen LogP contribution in [-0.4, -0.2) is 18.2 Å². The number of hydrogen-bond donors (Lipinski definition) is 1. The molecule has 2 unspecified atom stereocenters. The summed E-state index contributed by atoms with van der Waals surface area (Å²) in [5.74, 6) is 0. The van der Waals surface area contributed by atoms with Crippen LogP contribution < -0.4 is 5.73 Å². The van der Waals surface area contributed by atoms with Crippen LogP contribution in [0.25, 0.3) is 0 Å². The SMILES string of the molecule is CC1OCCC1(N)Cc1cccc(Cl)c1. The third kappa shape index (κ3) is 2.33. The molecule has 1 heterocycles. The molecule has 0 aliphatic carbocycles. The van der Waals surface area contributed by atoms with Gasteiger partial charge in [0.2, 0.25) is 0 Å². The van der Waals surface area contributed by atoms with Gasteiger partial charge < -0.3 is 10.5 Å². The van der Waals surface area contributed by atoms with Gasteiger partial charge in [0.1, 0.15) is 0 Å². The zero-order valence-corrected chi connectivity index (χ0v) is 9.63. The summed E-state index contributed by atoms with van der Waals surface area (Å²) in [6.07, 6.45) is 1.87. The van der Waals surface area contributed by atoms with Gasteiger partial charge in [-0.2, -0.15) is 0 Å². The maximum absolute atomic E-state index is 6.32. The Morgan fingerprint density at radius 3 is 3.00 bits per heavy atom. The van der Waals surface area contributed by atoms with E-state index in [2.05, 4.69) is 6.07 Å². The van der Waals surface area contributed by atoms with Gasteiger partial charge in [-0.05, 0) is 37.5 Å². The average Bonchev–Trinajstić information content (AvgIpc) is 2.47. The van der Waals surface area contributed by atoms with Crippen LogP contribution in [0.3, 0.4) is 0 Å². The van der Waals surface area contributed by atoms with E-state index in [-0.39, 0.29) is 11.6 Å². The third-order valence-corrected chi connectivity index (χ3v) is 3.40. The lowest BCUT2D eigenvalue weighted by molar-refractivity contribution is 0.0955. The molecule has 2 nitrogen and oxygen atoms in total. The second-order valence-electron chi connectivity index (χ2n) is 4.30. The van der Waals surface area contributed by atoms with Gasteiger partial charge >= 0.3 is 0 Å². The highest BCUT2D eigenvalue weighted by molar-refractivity contribution is 6.30. The highest BCUT2D eigenvalue weighted by Crippen LogP contribution is 2.27. The molecule has 2 atom stereocenters. The monoisotopic (exact) mass is 225 g/mol. The summed E-state index contributed by atoms with van der Waals surface area (Å²) >= 11 is 5.94. The fourth-order valence-electron chi connectivity index (χ4n) is 2.05. The molecule has 3 heteroatoms. The molecule has 0 saturated carbocycles. The molecule has 1 aromatic carbocycles. The Hall–Kier alpha value is -0.570. The largest absolute Gasteiger partial charge is 0.377 e. The van der Waals surface area contributed by atoms with Crippen molar-refractivity contribution in [3.05, 3.63) is 34.9 Å². The van der Waals surface area contributed by atoms with Crippen molar-refractivity contribution in [3.8, 4) is 0 Å². The number of rotatable bonds is 2. The number of ether oxygens (including phenoxy) is 1. The van der Waals surface area contributed by atoms with Gasteiger partial charge in [0.05, 0.1) is 6.10 Å². The minimum atomic E-state index is -0.231. The summed E-state index contributed by atoms with van der Waals surface area (Å²) in [5, 5.41) is 0.766. The first kappa shape index (κ1) is 10.9. The number of benzene rings is 1. The minimum Gasteiger partial charge on any atom is -0.377 e. The molecule has 1 aliphatic rings. The van der Waals surface area contributed by atoms with Crippen molar-refractivity contribution in [1.82, 2.24) is 0 Å². The van der Waals surface area contributed by atoms with Crippen LogP contribution in [0, 0.1) is 0 Å². The molecule has 1 saturated heterocycles. The van der Waals surface area contributed by atoms with E-state index >= 15 is 0 Å². The smallest absolute Gasteiger partial charge is 0.0730 e. The zero-order chi connectivity index (χ0) is 10.9. The van der Waals surface area contributed by atoms with E-state index in [0.29, 0.717) is 0 Å². The van der Waals surface area contributed by atoms with E-state index in [0.717, 1.165) is 24.5 Å². The third-order valence-electron chi connectivity index (χ3n) is 3.17. The Kier molecular flexibility index (Phi) is 3.01. The van der Waals surface area contributed by atoms with E-state index in [4.69, 9.17) is 22.1 Å². The summed E-state index contributed by atoms with van der Waals surface area (Å²) in [6, 6.07) is 7.87. The summed E-state index contributed by atoms with van der Waals surface area (Å²) in [4.78, 5) is 0. The molecule has 1 fully saturated rings. The van der Waals surface area contributed by atoms with Crippen molar-refractivity contribution in [1.29, 1.82) is 0 Å². The molecule has 1 aliphatic heterocycles. The molecule has 1 aromatic rings. The zero-order valence-electron chi connectivity index (χ0n) is 8.87. The van der Waals surface area contributed by atoms with E-state index in [1.807, 2.05) is 25.1 Å². The van der Waals surface area contributed by atoms with Crippen LogP contribution in [0.5, 0.6) is 0 Å². The van der Waals surface area contributed by atoms with Crippen LogP contribution in [-0.2, 0) is 11.2 Å². The second-order valence-corrected chi connectivity index (χ2v) is 4.74. The molecule has 15 heavy (non-hydrogen) atoms. The molecule has 2 rings (SSSR count). The first-order valence-corrected chi connectivity index (χ1v) is 5.63. The van der Waals surface area contributed by atoms with E-state index < -0.39 is 0 Å². The summed E-state index contributed by atoms with van der Waals surface area (Å²) < 4.78 is 5.51. The van der Waals surface area contributed by atoms with Gasteiger partial charge in [0, 0.05) is 17.2 Å². The molecule has 2 N–H and O–H groups in total. The van der Waals surface area contributed by atoms with Crippen LogP contribution in [0.15, 0.2) is 24.3 Å². The Morgan fingerprint density at radius 1 is 1.60 bits per heavy atom. The van der Waals surface area contributed by atoms with Gasteiger partial charge in [-0.25, -0.2) is 0 Å². The summed E-state index contributed by atoms with van der Waals surface area (Å²) in [5.41, 5.74) is 7.27. The molecule has 0 spiro atoms. The molecular formula is C12H16ClNO. The molecule has 0 radical (unpaired) electrons. The molecule has 82 valence electrons. The lowest BCUT2D eigenvalue weighted by Gasteiger charge is -2.27. The minimum absolute atomic E-state index is 0.122. The standard InChI is InChI=1S/C12H16ClNO/c1-9-12(14,5-6-15-9)8-10-3-2-4-11(13)7-10/h2-4,7,9H,5-6,8,14H2,1H3. The van der Waals surface area contributed by atoms with Crippen LogP contribution >= 0.6 is 11.6 Å². The first-order chi connectivity index (χ1) is 7.10. The maximum Gasteiger partial charge on any atom is 0.0730 e. The fourth-order valence-corrected chi connectivity index (χ4v) is 2.27. The lowest BCUT2D eigenvalue weighted by Crippen LogP contribution is -2.47. The Labute approximate surface area is 95.4 Å². The number of hydrogen-bond acceptors (Lipinski definition) is 2. The normalized spacial score (nSPS) is 30.7. The molecule has 0 aromatic heterocycles. The van der Waals surface area contributed by atoms with Crippen molar-refractivity contribution in [2.24, 2.45) is 5.73 Å². The van der Waals surface area contributed by atoms with Crippen molar-refractivity contribution in [2.75, 3.05) is 6.61 Å². The van der Waals surface area contributed by atoms with Gasteiger partial charge in [-0.3, -0.25) is 0 Å². The van der Waals surface area contributed by atoms with Gasteiger partial charge in [-0.1, -0.05) is 23.7 Å². The fraction of sp³-hybridized carbons (Fsp3) is 0.500. The topological polar surface area (TPSA) is 35.2 Å². The Bertz CT molecular complexity index is 355. The molecular weight excluding hydrogens is 210 g/mol. The van der Waals surface area contributed by atoms with Crippen LogP contribution in [0.1, 0.15) is 18.9 Å².